The SMILES string of the molecule is CC(C)(CCOCCOCCC(C)(C)CCOP(N)(=O)O)CCOP(N)(=O)O. The maximum absolute atomic E-state index is 10.9. The Morgan fingerprint density at radius 1 is 0.643 bits per heavy atom. The van der Waals surface area contributed by atoms with Crippen molar-refractivity contribution in [2.75, 3.05) is 39.6 Å². The van der Waals surface area contributed by atoms with Crippen LogP contribution in [0.25, 0.3) is 0 Å². The first-order chi connectivity index (χ1) is 12.6. The highest BCUT2D eigenvalue weighted by Crippen LogP contribution is 2.34. The highest BCUT2D eigenvalue weighted by atomic mass is 31.2. The normalized spacial score (nSPS) is 17.3. The summed E-state index contributed by atoms with van der Waals surface area (Å²) in [6.45, 7) is 10.4. The van der Waals surface area contributed by atoms with Gasteiger partial charge in [0.15, 0.2) is 0 Å². The first kappa shape index (κ1) is 28.1. The van der Waals surface area contributed by atoms with Gasteiger partial charge in [0.05, 0.1) is 26.4 Å². The lowest BCUT2D eigenvalue weighted by molar-refractivity contribution is 0.0253. The minimum Gasteiger partial charge on any atom is -0.379 e. The summed E-state index contributed by atoms with van der Waals surface area (Å²) in [6.07, 6.45) is 2.76. The summed E-state index contributed by atoms with van der Waals surface area (Å²) in [7, 11) is -7.82. The molecule has 12 heteroatoms. The monoisotopic (exact) mass is 448 g/mol. The van der Waals surface area contributed by atoms with Crippen LogP contribution in [0.1, 0.15) is 53.4 Å². The lowest BCUT2D eigenvalue weighted by atomic mass is 9.86. The zero-order valence-corrected chi connectivity index (χ0v) is 19.3. The molecule has 2 unspecified atom stereocenters. The van der Waals surface area contributed by atoms with Gasteiger partial charge in [-0.3, -0.25) is 9.05 Å². The van der Waals surface area contributed by atoms with Gasteiger partial charge in [-0.2, -0.15) is 0 Å². The zero-order valence-electron chi connectivity index (χ0n) is 17.5. The minimum absolute atomic E-state index is 0.0931. The highest BCUT2D eigenvalue weighted by molar-refractivity contribution is 7.50. The Kier molecular flexibility index (Phi) is 12.8. The first-order valence-corrected chi connectivity index (χ1v) is 12.6. The van der Waals surface area contributed by atoms with Gasteiger partial charge in [-0.1, -0.05) is 27.7 Å². The molecule has 0 spiro atoms. The van der Waals surface area contributed by atoms with Gasteiger partial charge >= 0.3 is 15.5 Å². The Bertz CT molecular complexity index is 473. The second-order valence-electron chi connectivity index (χ2n) is 8.35. The summed E-state index contributed by atoms with van der Waals surface area (Å²) < 4.78 is 42.3. The third-order valence-corrected chi connectivity index (χ3v) is 5.43. The topological polar surface area (TPSA) is 164 Å². The Balaban J connectivity index is 3.70. The molecule has 28 heavy (non-hydrogen) atoms. The number of rotatable bonds is 17. The van der Waals surface area contributed by atoms with Crippen LogP contribution >= 0.6 is 15.5 Å². The van der Waals surface area contributed by atoms with E-state index in [1.54, 1.807) is 0 Å². The average molecular weight is 448 g/mol. The number of hydrogen-bond acceptors (Lipinski definition) is 6. The van der Waals surface area contributed by atoms with Gasteiger partial charge < -0.3 is 19.3 Å². The van der Waals surface area contributed by atoms with Crippen LogP contribution in [0.2, 0.25) is 0 Å². The molecule has 0 aliphatic rings. The van der Waals surface area contributed by atoms with Crippen LogP contribution in [-0.4, -0.2) is 49.4 Å². The molecule has 10 nitrogen and oxygen atoms in total. The van der Waals surface area contributed by atoms with Crippen molar-refractivity contribution in [2.45, 2.75) is 53.4 Å². The van der Waals surface area contributed by atoms with E-state index >= 15 is 0 Å². The van der Waals surface area contributed by atoms with Crippen molar-refractivity contribution < 1.29 is 37.4 Å². The standard InChI is InChI=1S/C16H38N2O8P2/c1-15(2,7-11-25-27(17,19)20)5-9-23-13-14-24-10-6-16(3,4)8-12-26-28(18,21)22/h5-14H2,1-4H3,(H3,17,19,20)(H3,18,21,22). The summed E-state index contributed by atoms with van der Waals surface area (Å²) in [5.41, 5.74) is 9.67. The second kappa shape index (κ2) is 12.7. The Morgan fingerprint density at radius 3 is 1.21 bits per heavy atom. The Labute approximate surface area is 168 Å². The molecular weight excluding hydrogens is 410 g/mol. The van der Waals surface area contributed by atoms with Gasteiger partial charge in [-0.25, -0.2) is 20.1 Å². The van der Waals surface area contributed by atoms with E-state index in [2.05, 4.69) is 0 Å². The van der Waals surface area contributed by atoms with Crippen molar-refractivity contribution in [3.8, 4) is 0 Å². The number of nitrogens with two attached hydrogens (primary N) is 2. The van der Waals surface area contributed by atoms with E-state index < -0.39 is 15.5 Å². The average Bonchev–Trinajstić information content (AvgIpc) is 2.46. The quantitative estimate of drug-likeness (QED) is 0.192. The molecule has 0 fully saturated rings. The van der Waals surface area contributed by atoms with Crippen LogP contribution in [0, 0.1) is 10.8 Å². The van der Waals surface area contributed by atoms with Crippen LogP contribution in [0.5, 0.6) is 0 Å². The molecule has 0 aromatic carbocycles. The zero-order chi connectivity index (χ0) is 21.9. The van der Waals surface area contributed by atoms with E-state index in [1.807, 2.05) is 27.7 Å². The van der Waals surface area contributed by atoms with Crippen molar-refractivity contribution in [1.29, 1.82) is 0 Å². The van der Waals surface area contributed by atoms with E-state index in [9.17, 15) is 9.13 Å². The van der Waals surface area contributed by atoms with Crippen LogP contribution in [0.15, 0.2) is 0 Å². The summed E-state index contributed by atoms with van der Waals surface area (Å²) in [5.74, 6) is 0. The molecular formula is C16H38N2O8P2. The van der Waals surface area contributed by atoms with Crippen LogP contribution in [0.4, 0.5) is 0 Å². The second-order valence-corrected chi connectivity index (χ2v) is 11.1. The Hall–Kier alpha value is 0.140. The third-order valence-electron chi connectivity index (χ3n) is 4.33. The number of hydrogen-bond donors (Lipinski definition) is 4. The van der Waals surface area contributed by atoms with Gasteiger partial charge in [0.1, 0.15) is 0 Å². The van der Waals surface area contributed by atoms with Crippen molar-refractivity contribution in [3.05, 3.63) is 0 Å². The molecule has 0 radical (unpaired) electrons. The van der Waals surface area contributed by atoms with Gasteiger partial charge in [0.2, 0.25) is 0 Å². The predicted molar refractivity (Wildman–Crippen MR) is 108 cm³/mol. The lowest BCUT2D eigenvalue weighted by Gasteiger charge is -2.25. The Morgan fingerprint density at radius 2 is 0.929 bits per heavy atom. The third kappa shape index (κ3) is 19.5. The molecule has 2 atom stereocenters. The molecule has 6 N–H and O–H groups in total. The van der Waals surface area contributed by atoms with Gasteiger partial charge in [-0.15, -0.1) is 0 Å². The minimum atomic E-state index is -3.91. The van der Waals surface area contributed by atoms with Crippen molar-refractivity contribution in [1.82, 2.24) is 0 Å². The smallest absolute Gasteiger partial charge is 0.379 e. The molecule has 170 valence electrons. The molecule has 0 amide bonds. The number of ether oxygens (including phenoxy) is 2. The van der Waals surface area contributed by atoms with Crippen LogP contribution in [-0.2, 0) is 27.7 Å². The predicted octanol–water partition coefficient (Wildman–Crippen LogP) is 2.78. The molecule has 0 aliphatic heterocycles. The summed E-state index contributed by atoms with van der Waals surface area (Å²) in [5, 5.41) is 0. The highest BCUT2D eigenvalue weighted by Gasteiger charge is 2.21. The van der Waals surface area contributed by atoms with Crippen molar-refractivity contribution in [2.24, 2.45) is 21.8 Å². The van der Waals surface area contributed by atoms with Crippen LogP contribution < -0.4 is 11.0 Å². The molecule has 0 aromatic rings. The fourth-order valence-electron chi connectivity index (χ4n) is 2.17. The van der Waals surface area contributed by atoms with Crippen molar-refractivity contribution in [3.63, 3.8) is 0 Å². The van der Waals surface area contributed by atoms with Crippen LogP contribution in [0.3, 0.4) is 0 Å². The lowest BCUT2D eigenvalue weighted by Crippen LogP contribution is -2.19. The fraction of sp³-hybridized carbons (Fsp3) is 1.00. The van der Waals surface area contributed by atoms with E-state index in [-0.39, 0.29) is 24.0 Å². The van der Waals surface area contributed by atoms with E-state index in [0.29, 0.717) is 39.3 Å². The van der Waals surface area contributed by atoms with Gasteiger partial charge in [0, 0.05) is 13.2 Å². The first-order valence-electron chi connectivity index (χ1n) is 9.29. The van der Waals surface area contributed by atoms with E-state index in [4.69, 9.17) is 39.3 Å². The molecule has 0 aromatic heterocycles. The molecule has 0 bridgehead atoms. The van der Waals surface area contributed by atoms with E-state index in [0.717, 1.165) is 12.8 Å². The fourth-order valence-corrected chi connectivity index (χ4v) is 2.88. The molecule has 0 rings (SSSR count). The molecule has 0 heterocycles. The summed E-state index contributed by atoms with van der Waals surface area (Å²) in [4.78, 5) is 17.8. The maximum atomic E-state index is 10.9. The molecule has 0 aliphatic carbocycles. The molecule has 0 saturated heterocycles. The summed E-state index contributed by atoms with van der Waals surface area (Å²) in [6, 6.07) is 0. The van der Waals surface area contributed by atoms with Gasteiger partial charge in [0.25, 0.3) is 0 Å². The van der Waals surface area contributed by atoms with E-state index in [1.165, 1.54) is 0 Å². The summed E-state index contributed by atoms with van der Waals surface area (Å²) >= 11 is 0. The largest absolute Gasteiger partial charge is 0.400 e. The van der Waals surface area contributed by atoms with Crippen molar-refractivity contribution >= 4 is 15.5 Å². The van der Waals surface area contributed by atoms with Gasteiger partial charge in [-0.05, 0) is 36.5 Å². The molecule has 0 saturated carbocycles. The maximum Gasteiger partial charge on any atom is 0.400 e.